The maximum atomic E-state index is 12.5. The van der Waals surface area contributed by atoms with Crippen molar-refractivity contribution in [2.24, 2.45) is 5.92 Å². The van der Waals surface area contributed by atoms with E-state index >= 15 is 0 Å². The molecule has 2 aromatic rings. The van der Waals surface area contributed by atoms with Crippen LogP contribution in [-0.4, -0.2) is 35.7 Å². The summed E-state index contributed by atoms with van der Waals surface area (Å²) in [6.45, 7) is 2.59. The van der Waals surface area contributed by atoms with Gasteiger partial charge in [0.25, 0.3) is 5.91 Å². The largest absolute Gasteiger partial charge is 0.471 e. The predicted molar refractivity (Wildman–Crippen MR) is 89.9 cm³/mol. The summed E-state index contributed by atoms with van der Waals surface area (Å²) in [5.74, 6) is -1.20. The van der Waals surface area contributed by atoms with Gasteiger partial charge in [0, 0.05) is 17.7 Å². The van der Waals surface area contributed by atoms with Crippen molar-refractivity contribution in [2.45, 2.75) is 19.0 Å². The molecule has 142 valence electrons. The summed E-state index contributed by atoms with van der Waals surface area (Å²) in [4.78, 5) is 15.4. The first-order valence-electron chi connectivity index (χ1n) is 7.94. The molecule has 1 aliphatic heterocycles. The van der Waals surface area contributed by atoms with Crippen molar-refractivity contribution in [3.05, 3.63) is 35.7 Å². The molecule has 1 aromatic carbocycles. The van der Waals surface area contributed by atoms with Crippen LogP contribution in [-0.2, 0) is 6.18 Å². The Morgan fingerprint density at radius 3 is 2.62 bits per heavy atom. The van der Waals surface area contributed by atoms with Gasteiger partial charge in [-0.15, -0.1) is 12.4 Å². The van der Waals surface area contributed by atoms with Crippen LogP contribution in [0.15, 0.2) is 28.8 Å². The maximum Gasteiger partial charge on any atom is 0.471 e. The van der Waals surface area contributed by atoms with Gasteiger partial charge in [-0.2, -0.15) is 18.2 Å². The number of hydrogen-bond acceptors (Lipinski definition) is 5. The molecule has 10 heteroatoms. The summed E-state index contributed by atoms with van der Waals surface area (Å²) >= 11 is 0. The van der Waals surface area contributed by atoms with Crippen LogP contribution in [0.4, 0.5) is 13.2 Å². The number of nitrogens with one attached hydrogen (secondary N) is 2. The number of alkyl halides is 3. The van der Waals surface area contributed by atoms with Crippen molar-refractivity contribution >= 4 is 18.3 Å². The third kappa shape index (κ3) is 4.95. The van der Waals surface area contributed by atoms with Crippen molar-refractivity contribution < 1.29 is 22.5 Å². The Bertz CT molecular complexity index is 728. The molecule has 2 heterocycles. The zero-order valence-electron chi connectivity index (χ0n) is 13.7. The molecule has 0 aliphatic carbocycles. The Hall–Kier alpha value is -2.13. The van der Waals surface area contributed by atoms with Gasteiger partial charge in [-0.3, -0.25) is 4.79 Å². The predicted octanol–water partition coefficient (Wildman–Crippen LogP) is 2.91. The third-order valence-corrected chi connectivity index (χ3v) is 4.07. The van der Waals surface area contributed by atoms with E-state index < -0.39 is 12.1 Å². The van der Waals surface area contributed by atoms with Crippen LogP contribution in [0.5, 0.6) is 0 Å². The molecular weight excluding hydrogens is 373 g/mol. The van der Waals surface area contributed by atoms with Gasteiger partial charge in [-0.25, -0.2) is 0 Å². The maximum absolute atomic E-state index is 12.5. The standard InChI is InChI=1S/C16H17F3N4O2.ClH/c17-16(18,19)15-22-13(23-25-15)11-1-3-12(4-2-11)14(24)21-8-6-10-5-7-20-9-10;/h1-4,10,20H,5-9H2,(H,21,24);1H. The van der Waals surface area contributed by atoms with Gasteiger partial charge in [0.2, 0.25) is 5.82 Å². The average molecular weight is 391 g/mol. The SMILES string of the molecule is Cl.O=C(NCCC1CCNC1)c1ccc(-c2noc(C(F)(F)F)n2)cc1. The summed E-state index contributed by atoms with van der Waals surface area (Å²) in [7, 11) is 0. The lowest BCUT2D eigenvalue weighted by Crippen LogP contribution is -2.26. The highest BCUT2D eigenvalue weighted by Gasteiger charge is 2.38. The topological polar surface area (TPSA) is 80.0 Å². The average Bonchev–Trinajstić information content (AvgIpc) is 3.26. The van der Waals surface area contributed by atoms with Crippen LogP contribution in [0.25, 0.3) is 11.4 Å². The van der Waals surface area contributed by atoms with E-state index in [1.807, 2.05) is 0 Å². The Kier molecular flexibility index (Phi) is 6.60. The first kappa shape index (κ1) is 20.2. The number of carbonyl (C=O) groups excluding carboxylic acids is 1. The van der Waals surface area contributed by atoms with Gasteiger partial charge in [0.05, 0.1) is 0 Å². The van der Waals surface area contributed by atoms with Crippen molar-refractivity contribution in [1.82, 2.24) is 20.8 Å². The molecule has 0 saturated carbocycles. The van der Waals surface area contributed by atoms with Crippen LogP contribution >= 0.6 is 12.4 Å². The first-order valence-corrected chi connectivity index (χ1v) is 7.94. The summed E-state index contributed by atoms with van der Waals surface area (Å²) in [5.41, 5.74) is 0.765. The van der Waals surface area contributed by atoms with E-state index in [0.29, 0.717) is 23.6 Å². The van der Waals surface area contributed by atoms with Crippen molar-refractivity contribution in [2.75, 3.05) is 19.6 Å². The lowest BCUT2D eigenvalue weighted by atomic mass is 10.1. The second-order valence-electron chi connectivity index (χ2n) is 5.90. The molecule has 2 N–H and O–H groups in total. The molecular formula is C16H18ClF3N4O2. The van der Waals surface area contributed by atoms with Gasteiger partial charge in [0.15, 0.2) is 0 Å². The van der Waals surface area contributed by atoms with Gasteiger partial charge in [-0.1, -0.05) is 17.3 Å². The molecule has 0 bridgehead atoms. The van der Waals surface area contributed by atoms with E-state index in [-0.39, 0.29) is 24.1 Å². The Morgan fingerprint density at radius 1 is 1.31 bits per heavy atom. The van der Waals surface area contributed by atoms with Gasteiger partial charge >= 0.3 is 12.1 Å². The van der Waals surface area contributed by atoms with E-state index in [0.717, 1.165) is 25.9 Å². The van der Waals surface area contributed by atoms with Crippen LogP contribution in [0, 0.1) is 5.92 Å². The number of carbonyl (C=O) groups is 1. The van der Waals surface area contributed by atoms with Crippen LogP contribution in [0.2, 0.25) is 0 Å². The van der Waals surface area contributed by atoms with Crippen LogP contribution in [0.3, 0.4) is 0 Å². The molecule has 1 aromatic heterocycles. The summed E-state index contributed by atoms with van der Waals surface area (Å²) < 4.78 is 41.6. The smallest absolute Gasteiger partial charge is 0.352 e. The molecule has 26 heavy (non-hydrogen) atoms. The molecule has 1 amide bonds. The monoisotopic (exact) mass is 390 g/mol. The Balaban J connectivity index is 0.00000243. The molecule has 0 spiro atoms. The number of amides is 1. The molecule has 3 rings (SSSR count). The van der Waals surface area contributed by atoms with Crippen LogP contribution in [0.1, 0.15) is 29.1 Å². The minimum atomic E-state index is -4.68. The molecule has 1 saturated heterocycles. The van der Waals surface area contributed by atoms with E-state index in [9.17, 15) is 18.0 Å². The Morgan fingerprint density at radius 2 is 2.04 bits per heavy atom. The molecule has 1 aliphatic rings. The van der Waals surface area contributed by atoms with E-state index in [1.165, 1.54) is 24.3 Å². The van der Waals surface area contributed by atoms with E-state index in [2.05, 4.69) is 25.3 Å². The van der Waals surface area contributed by atoms with Crippen LogP contribution < -0.4 is 10.6 Å². The fourth-order valence-electron chi connectivity index (χ4n) is 2.68. The van der Waals surface area contributed by atoms with Gasteiger partial charge in [-0.05, 0) is 44.0 Å². The number of benzene rings is 1. The highest BCUT2D eigenvalue weighted by Crippen LogP contribution is 2.29. The fraction of sp³-hybridized carbons (Fsp3) is 0.438. The van der Waals surface area contributed by atoms with Gasteiger partial charge in [0.1, 0.15) is 0 Å². The van der Waals surface area contributed by atoms with Crippen molar-refractivity contribution in [1.29, 1.82) is 0 Å². The van der Waals surface area contributed by atoms with E-state index in [4.69, 9.17) is 0 Å². The third-order valence-electron chi connectivity index (χ3n) is 4.07. The number of hydrogen-bond donors (Lipinski definition) is 2. The first-order chi connectivity index (χ1) is 11.9. The van der Waals surface area contributed by atoms with Crippen molar-refractivity contribution in [3.63, 3.8) is 0 Å². The highest BCUT2D eigenvalue weighted by atomic mass is 35.5. The molecule has 1 unspecified atom stereocenters. The molecule has 1 fully saturated rings. The second kappa shape index (κ2) is 8.50. The number of nitrogens with zero attached hydrogens (tertiary/aromatic N) is 2. The molecule has 0 radical (unpaired) electrons. The zero-order valence-corrected chi connectivity index (χ0v) is 14.5. The lowest BCUT2D eigenvalue weighted by Gasteiger charge is -2.09. The minimum Gasteiger partial charge on any atom is -0.352 e. The lowest BCUT2D eigenvalue weighted by molar-refractivity contribution is -0.159. The van der Waals surface area contributed by atoms with Gasteiger partial charge < -0.3 is 15.2 Å². The normalized spacial score (nSPS) is 17.0. The number of rotatable bonds is 5. The second-order valence-corrected chi connectivity index (χ2v) is 5.90. The summed E-state index contributed by atoms with van der Waals surface area (Å²) in [6.07, 6.45) is -2.64. The minimum absolute atomic E-state index is 0. The molecule has 1 atom stereocenters. The number of aromatic nitrogens is 2. The Labute approximate surface area is 153 Å². The van der Waals surface area contributed by atoms with Crippen molar-refractivity contribution in [3.8, 4) is 11.4 Å². The number of halogens is 4. The summed E-state index contributed by atoms with van der Waals surface area (Å²) in [5, 5.41) is 9.42. The molecule has 6 nitrogen and oxygen atoms in total. The highest BCUT2D eigenvalue weighted by molar-refractivity contribution is 5.94. The summed E-state index contributed by atoms with van der Waals surface area (Å²) in [6, 6.07) is 6.01. The quantitative estimate of drug-likeness (QED) is 0.820. The van der Waals surface area contributed by atoms with E-state index in [1.54, 1.807) is 0 Å². The zero-order chi connectivity index (χ0) is 17.9. The fourth-order valence-corrected chi connectivity index (χ4v) is 2.68.